The second-order valence-electron chi connectivity index (χ2n) is 2.47. The molecule has 1 aromatic carbocycles. The number of halogens is 1. The zero-order valence-corrected chi connectivity index (χ0v) is 9.85. The van der Waals surface area contributed by atoms with Crippen molar-refractivity contribution in [1.29, 1.82) is 0 Å². The van der Waals surface area contributed by atoms with Crippen molar-refractivity contribution in [2.45, 2.75) is 5.33 Å². The SMILES string of the molecule is CN(ON)c1ccccc1CBr.O=CO. The van der Waals surface area contributed by atoms with Crippen molar-refractivity contribution in [2.24, 2.45) is 5.90 Å². The molecule has 0 radical (unpaired) electrons. The molecule has 15 heavy (non-hydrogen) atoms. The highest BCUT2D eigenvalue weighted by Crippen LogP contribution is 2.20. The minimum atomic E-state index is -0.250. The van der Waals surface area contributed by atoms with E-state index in [-0.39, 0.29) is 6.47 Å². The topological polar surface area (TPSA) is 75.8 Å². The Bertz CT molecular complexity index is 296. The first-order valence-corrected chi connectivity index (χ1v) is 5.15. The van der Waals surface area contributed by atoms with Crippen LogP contribution in [0.3, 0.4) is 0 Å². The Morgan fingerprint density at radius 2 is 2.13 bits per heavy atom. The van der Waals surface area contributed by atoms with E-state index < -0.39 is 0 Å². The van der Waals surface area contributed by atoms with Crippen LogP contribution in [0.1, 0.15) is 5.56 Å². The van der Waals surface area contributed by atoms with Gasteiger partial charge in [0.05, 0.1) is 5.69 Å². The Hall–Kier alpha value is -1.11. The van der Waals surface area contributed by atoms with Gasteiger partial charge in [0.2, 0.25) is 0 Å². The monoisotopic (exact) mass is 276 g/mol. The summed E-state index contributed by atoms with van der Waals surface area (Å²) in [6, 6.07) is 7.88. The van der Waals surface area contributed by atoms with Crippen molar-refractivity contribution in [1.82, 2.24) is 0 Å². The largest absolute Gasteiger partial charge is 0.483 e. The number of carbonyl (C=O) groups is 1. The van der Waals surface area contributed by atoms with E-state index in [4.69, 9.17) is 15.8 Å². The smallest absolute Gasteiger partial charge is 0.290 e. The van der Waals surface area contributed by atoms with E-state index in [0.717, 1.165) is 16.6 Å². The van der Waals surface area contributed by atoms with Crippen LogP contribution in [0.5, 0.6) is 0 Å². The van der Waals surface area contributed by atoms with E-state index in [2.05, 4.69) is 20.9 Å². The summed E-state index contributed by atoms with van der Waals surface area (Å²) in [5, 5.41) is 9.20. The number of carboxylic acid groups (broad SMARTS) is 1. The molecule has 0 amide bonds. The van der Waals surface area contributed by atoms with Crippen molar-refractivity contribution in [2.75, 3.05) is 12.1 Å². The Morgan fingerprint density at radius 3 is 2.60 bits per heavy atom. The molecule has 0 fully saturated rings. The number of hydrogen-bond donors (Lipinski definition) is 2. The lowest BCUT2D eigenvalue weighted by molar-refractivity contribution is -0.122. The Labute approximate surface area is 96.5 Å². The molecule has 6 heteroatoms. The average molecular weight is 277 g/mol. The summed E-state index contributed by atoms with van der Waals surface area (Å²) in [6.07, 6.45) is 0. The molecule has 0 unspecified atom stereocenters. The molecule has 0 saturated heterocycles. The van der Waals surface area contributed by atoms with Gasteiger partial charge in [-0.3, -0.25) is 4.79 Å². The third kappa shape index (κ3) is 4.78. The standard InChI is InChI=1S/C8H11BrN2O.CH2O2/c1-11(12-10)8-5-3-2-4-7(8)6-9;2-1-3/h2-5H,6,10H2,1H3;1H,(H,2,3). The molecule has 0 atom stereocenters. The van der Waals surface area contributed by atoms with E-state index in [9.17, 15) is 0 Å². The van der Waals surface area contributed by atoms with Crippen LogP contribution in [0, 0.1) is 0 Å². The molecule has 0 aliphatic carbocycles. The third-order valence-corrected chi connectivity index (χ3v) is 2.24. The van der Waals surface area contributed by atoms with Crippen molar-refractivity contribution in [3.63, 3.8) is 0 Å². The quantitative estimate of drug-likeness (QED) is 0.497. The maximum absolute atomic E-state index is 8.36. The lowest BCUT2D eigenvalue weighted by Gasteiger charge is -2.17. The molecule has 0 aliphatic heterocycles. The van der Waals surface area contributed by atoms with Gasteiger partial charge < -0.3 is 5.11 Å². The zero-order valence-electron chi connectivity index (χ0n) is 8.26. The summed E-state index contributed by atoms with van der Waals surface area (Å²) in [6.45, 7) is -0.250. The normalized spacial score (nSPS) is 8.73. The first-order valence-electron chi connectivity index (χ1n) is 4.03. The van der Waals surface area contributed by atoms with Crippen molar-refractivity contribution in [3.05, 3.63) is 29.8 Å². The van der Waals surface area contributed by atoms with Gasteiger partial charge in [-0.15, -0.1) is 0 Å². The number of benzene rings is 1. The molecule has 0 aliphatic rings. The Kier molecular flexibility index (Phi) is 7.61. The summed E-state index contributed by atoms with van der Waals surface area (Å²) < 4.78 is 0. The highest BCUT2D eigenvalue weighted by Gasteiger charge is 2.04. The number of anilines is 1. The molecule has 0 heterocycles. The van der Waals surface area contributed by atoms with E-state index in [0.29, 0.717) is 0 Å². The van der Waals surface area contributed by atoms with E-state index in [1.807, 2.05) is 24.3 Å². The number of alkyl halides is 1. The van der Waals surface area contributed by atoms with Gasteiger partial charge in [-0.25, -0.2) is 5.06 Å². The summed E-state index contributed by atoms with van der Waals surface area (Å²) in [7, 11) is 1.77. The number of hydroxylamine groups is 1. The Morgan fingerprint density at radius 1 is 1.60 bits per heavy atom. The highest BCUT2D eigenvalue weighted by atomic mass is 79.9. The molecular weight excluding hydrogens is 264 g/mol. The lowest BCUT2D eigenvalue weighted by Crippen LogP contribution is -2.22. The molecule has 1 rings (SSSR count). The van der Waals surface area contributed by atoms with Crippen molar-refractivity contribution < 1.29 is 14.8 Å². The number of rotatable bonds is 3. The van der Waals surface area contributed by atoms with Crippen LogP contribution in [0.4, 0.5) is 5.69 Å². The zero-order chi connectivity index (χ0) is 11.7. The average Bonchev–Trinajstić information content (AvgIpc) is 2.29. The first kappa shape index (κ1) is 13.9. The van der Waals surface area contributed by atoms with Crippen LogP contribution in [-0.2, 0) is 15.1 Å². The van der Waals surface area contributed by atoms with Crippen LogP contribution in [0.2, 0.25) is 0 Å². The minimum absolute atomic E-state index is 0.250. The second-order valence-corrected chi connectivity index (χ2v) is 3.03. The summed E-state index contributed by atoms with van der Waals surface area (Å²) >= 11 is 3.38. The number of nitrogens with zero attached hydrogens (tertiary/aromatic N) is 1. The van der Waals surface area contributed by atoms with Crippen LogP contribution >= 0.6 is 15.9 Å². The van der Waals surface area contributed by atoms with Crippen LogP contribution in [-0.4, -0.2) is 18.6 Å². The maximum Gasteiger partial charge on any atom is 0.290 e. The van der Waals surface area contributed by atoms with Gasteiger partial charge in [-0.1, -0.05) is 34.1 Å². The second kappa shape index (κ2) is 8.22. The van der Waals surface area contributed by atoms with Crippen molar-refractivity contribution >= 4 is 28.1 Å². The summed E-state index contributed by atoms with van der Waals surface area (Å²) in [5.41, 5.74) is 2.11. The molecule has 0 saturated carbocycles. The molecule has 84 valence electrons. The molecule has 3 N–H and O–H groups in total. The molecule has 5 nitrogen and oxygen atoms in total. The highest BCUT2D eigenvalue weighted by molar-refractivity contribution is 9.08. The van der Waals surface area contributed by atoms with Crippen molar-refractivity contribution in [3.8, 4) is 0 Å². The fourth-order valence-corrected chi connectivity index (χ4v) is 1.46. The van der Waals surface area contributed by atoms with E-state index in [1.54, 1.807) is 7.05 Å². The number of hydrogen-bond acceptors (Lipinski definition) is 4. The summed E-state index contributed by atoms with van der Waals surface area (Å²) in [4.78, 5) is 13.0. The maximum atomic E-state index is 8.36. The fraction of sp³-hybridized carbons (Fsp3) is 0.222. The first-order chi connectivity index (χ1) is 7.21. The van der Waals surface area contributed by atoms with Gasteiger partial charge in [0.25, 0.3) is 6.47 Å². The minimum Gasteiger partial charge on any atom is -0.483 e. The number of para-hydroxylation sites is 1. The predicted octanol–water partition coefficient (Wildman–Crippen LogP) is 1.52. The third-order valence-electron chi connectivity index (χ3n) is 1.63. The van der Waals surface area contributed by atoms with E-state index >= 15 is 0 Å². The molecular formula is C9H13BrN2O3. The van der Waals surface area contributed by atoms with Gasteiger partial charge in [0.15, 0.2) is 0 Å². The Balaban J connectivity index is 0.000000583. The van der Waals surface area contributed by atoms with Gasteiger partial charge in [0.1, 0.15) is 0 Å². The molecule has 0 spiro atoms. The fourth-order valence-electron chi connectivity index (χ4n) is 0.988. The molecule has 0 bridgehead atoms. The molecule has 0 aromatic heterocycles. The molecule has 1 aromatic rings. The van der Waals surface area contributed by atoms with Gasteiger partial charge >= 0.3 is 0 Å². The van der Waals surface area contributed by atoms with Gasteiger partial charge in [0, 0.05) is 12.4 Å². The van der Waals surface area contributed by atoms with Crippen LogP contribution < -0.4 is 11.0 Å². The lowest BCUT2D eigenvalue weighted by atomic mass is 10.2. The van der Waals surface area contributed by atoms with Gasteiger partial charge in [-0.05, 0) is 11.6 Å². The number of nitrogens with two attached hydrogens (primary N) is 1. The van der Waals surface area contributed by atoms with Crippen LogP contribution in [0.25, 0.3) is 0 Å². The summed E-state index contributed by atoms with van der Waals surface area (Å²) in [5.74, 6) is 5.04. The van der Waals surface area contributed by atoms with E-state index in [1.165, 1.54) is 5.06 Å². The van der Waals surface area contributed by atoms with Gasteiger partial charge in [-0.2, -0.15) is 10.8 Å². The predicted molar refractivity (Wildman–Crippen MR) is 61.4 cm³/mol. The van der Waals surface area contributed by atoms with Crippen LogP contribution in [0.15, 0.2) is 24.3 Å².